The minimum atomic E-state index is -0.473. The van der Waals surface area contributed by atoms with Gasteiger partial charge in [-0.15, -0.1) is 0 Å². The predicted molar refractivity (Wildman–Crippen MR) is 133 cm³/mol. The third kappa shape index (κ3) is 3.79. The first-order valence-electron chi connectivity index (χ1n) is 11.6. The smallest absolute Gasteiger partial charge is 0.248 e. The summed E-state index contributed by atoms with van der Waals surface area (Å²) in [5, 5.41) is 19.6. The van der Waals surface area contributed by atoms with Crippen LogP contribution in [0.25, 0.3) is 27.5 Å². The molecule has 1 aliphatic heterocycles. The lowest BCUT2D eigenvalue weighted by Gasteiger charge is -2.14. The normalized spacial score (nSPS) is 15.9. The van der Waals surface area contributed by atoms with Crippen LogP contribution in [0, 0.1) is 0 Å². The maximum Gasteiger partial charge on any atom is 0.248 e. The van der Waals surface area contributed by atoms with E-state index in [1.165, 1.54) is 11.9 Å². The molecule has 1 saturated heterocycles. The second kappa shape index (κ2) is 8.52. The number of fused-ring (bicyclic) bond motifs is 2. The molecule has 0 bridgehead atoms. The molecule has 35 heavy (non-hydrogen) atoms. The van der Waals surface area contributed by atoms with Crippen molar-refractivity contribution in [1.29, 1.82) is 0 Å². The molecule has 4 heterocycles. The van der Waals surface area contributed by atoms with E-state index in [0.29, 0.717) is 25.5 Å². The highest BCUT2D eigenvalue weighted by Gasteiger charge is 2.30. The molecule has 1 aliphatic rings. The van der Waals surface area contributed by atoms with E-state index >= 15 is 0 Å². The molecule has 1 atom stereocenters. The Bertz CT molecular complexity index is 1540. The molecule has 176 valence electrons. The first kappa shape index (κ1) is 21.3. The van der Waals surface area contributed by atoms with Gasteiger partial charge in [-0.25, -0.2) is 9.50 Å². The molecule has 1 fully saturated rings. The molecule has 0 saturated carbocycles. The van der Waals surface area contributed by atoms with Gasteiger partial charge in [-0.1, -0.05) is 42.5 Å². The SMILES string of the molecule is Nc1ncnn2c(C3CCN(C(=O)CO)C3)cc(-c3ccc4cn(Cc5ccccc5)nc4c3)c12. The van der Waals surface area contributed by atoms with Crippen LogP contribution in [-0.2, 0) is 11.3 Å². The zero-order valence-corrected chi connectivity index (χ0v) is 19.1. The number of amides is 1. The Balaban J connectivity index is 1.39. The minimum absolute atomic E-state index is 0.0925. The minimum Gasteiger partial charge on any atom is -0.387 e. The summed E-state index contributed by atoms with van der Waals surface area (Å²) in [6.07, 6.45) is 4.30. The predicted octanol–water partition coefficient (Wildman–Crippen LogP) is 2.68. The number of carbonyl (C=O) groups is 1. The van der Waals surface area contributed by atoms with Crippen LogP contribution in [0.4, 0.5) is 5.82 Å². The van der Waals surface area contributed by atoms with Crippen molar-refractivity contribution in [2.75, 3.05) is 25.4 Å². The third-order valence-electron chi connectivity index (χ3n) is 6.76. The number of likely N-dealkylation sites (tertiary alicyclic amines) is 1. The van der Waals surface area contributed by atoms with Crippen LogP contribution >= 0.6 is 0 Å². The number of aromatic nitrogens is 5. The number of carbonyl (C=O) groups excluding carboxylic acids is 1. The Kier molecular flexibility index (Phi) is 5.18. The highest BCUT2D eigenvalue weighted by Crippen LogP contribution is 2.37. The van der Waals surface area contributed by atoms with Crippen LogP contribution in [0.15, 0.2) is 67.1 Å². The molecule has 0 radical (unpaired) electrons. The van der Waals surface area contributed by atoms with Gasteiger partial charge in [0.15, 0.2) is 5.82 Å². The van der Waals surface area contributed by atoms with Crippen molar-refractivity contribution in [3.63, 3.8) is 0 Å². The number of rotatable bonds is 5. The van der Waals surface area contributed by atoms with Crippen molar-refractivity contribution in [2.45, 2.75) is 18.9 Å². The number of nitrogen functional groups attached to an aromatic ring is 1. The van der Waals surface area contributed by atoms with E-state index in [-0.39, 0.29) is 11.8 Å². The monoisotopic (exact) mass is 467 g/mol. The van der Waals surface area contributed by atoms with E-state index in [4.69, 9.17) is 10.8 Å². The molecule has 1 unspecified atom stereocenters. The molecule has 5 aromatic rings. The second-order valence-electron chi connectivity index (χ2n) is 8.96. The zero-order chi connectivity index (χ0) is 23.9. The van der Waals surface area contributed by atoms with Gasteiger partial charge in [0, 0.05) is 41.8 Å². The number of aliphatic hydroxyl groups excluding tert-OH is 1. The lowest BCUT2D eigenvalue weighted by Crippen LogP contribution is -2.30. The van der Waals surface area contributed by atoms with Gasteiger partial charge in [0.25, 0.3) is 0 Å². The topological polar surface area (TPSA) is 115 Å². The van der Waals surface area contributed by atoms with Gasteiger partial charge < -0.3 is 15.7 Å². The fourth-order valence-corrected chi connectivity index (χ4v) is 5.02. The number of aliphatic hydroxyl groups is 1. The zero-order valence-electron chi connectivity index (χ0n) is 19.1. The van der Waals surface area contributed by atoms with Crippen molar-refractivity contribution in [3.05, 3.63) is 78.4 Å². The number of anilines is 1. The summed E-state index contributed by atoms with van der Waals surface area (Å²) in [5.41, 5.74) is 12.1. The van der Waals surface area contributed by atoms with E-state index in [1.54, 1.807) is 4.90 Å². The van der Waals surface area contributed by atoms with E-state index in [0.717, 1.165) is 39.7 Å². The highest BCUT2D eigenvalue weighted by atomic mass is 16.3. The van der Waals surface area contributed by atoms with Gasteiger partial charge in [0.1, 0.15) is 18.5 Å². The van der Waals surface area contributed by atoms with E-state index < -0.39 is 6.61 Å². The van der Waals surface area contributed by atoms with Gasteiger partial charge in [0.05, 0.1) is 12.1 Å². The molecule has 3 N–H and O–H groups in total. The van der Waals surface area contributed by atoms with Gasteiger partial charge in [-0.2, -0.15) is 10.2 Å². The van der Waals surface area contributed by atoms with Crippen molar-refractivity contribution < 1.29 is 9.90 Å². The molecule has 9 nitrogen and oxygen atoms in total. The summed E-state index contributed by atoms with van der Waals surface area (Å²) in [6.45, 7) is 1.38. The van der Waals surface area contributed by atoms with E-state index in [2.05, 4.69) is 52.7 Å². The van der Waals surface area contributed by atoms with Crippen molar-refractivity contribution in [2.24, 2.45) is 0 Å². The van der Waals surface area contributed by atoms with Gasteiger partial charge in [0.2, 0.25) is 5.91 Å². The Morgan fingerprint density at radius 1 is 1.14 bits per heavy atom. The molecule has 0 spiro atoms. The largest absolute Gasteiger partial charge is 0.387 e. The van der Waals surface area contributed by atoms with Crippen LogP contribution < -0.4 is 5.73 Å². The first-order chi connectivity index (χ1) is 17.1. The summed E-state index contributed by atoms with van der Waals surface area (Å²) >= 11 is 0. The standard InChI is InChI=1S/C26H25N7O2/c27-26-25-21(11-23(33(25)29-16-28-26)20-8-9-31(13-20)24(35)15-34)18-6-7-19-14-32(30-22(19)10-18)12-17-4-2-1-3-5-17/h1-7,10-11,14,16,20,34H,8-9,12-13,15H2,(H2,27,28,29). The maximum atomic E-state index is 12.0. The lowest BCUT2D eigenvalue weighted by atomic mass is 10.0. The van der Waals surface area contributed by atoms with Gasteiger partial charge in [-0.3, -0.25) is 9.48 Å². The Morgan fingerprint density at radius 2 is 2.00 bits per heavy atom. The second-order valence-corrected chi connectivity index (χ2v) is 8.96. The van der Waals surface area contributed by atoms with Gasteiger partial charge >= 0.3 is 0 Å². The molecular weight excluding hydrogens is 442 g/mol. The molecule has 2 aromatic carbocycles. The third-order valence-corrected chi connectivity index (χ3v) is 6.76. The van der Waals surface area contributed by atoms with E-state index in [1.807, 2.05) is 27.4 Å². The van der Waals surface area contributed by atoms with Crippen LogP contribution in [0.2, 0.25) is 0 Å². The molecule has 0 aliphatic carbocycles. The van der Waals surface area contributed by atoms with Crippen molar-refractivity contribution in [3.8, 4) is 11.1 Å². The molecular formula is C26H25N7O2. The number of hydrogen-bond donors (Lipinski definition) is 2. The lowest BCUT2D eigenvalue weighted by molar-refractivity contribution is -0.133. The molecule has 6 rings (SSSR count). The highest BCUT2D eigenvalue weighted by molar-refractivity contribution is 5.92. The summed E-state index contributed by atoms with van der Waals surface area (Å²) < 4.78 is 3.79. The first-order valence-corrected chi connectivity index (χ1v) is 11.6. The number of nitrogens with zero attached hydrogens (tertiary/aromatic N) is 6. The Labute approximate surface area is 201 Å². The van der Waals surface area contributed by atoms with Crippen LogP contribution in [0.3, 0.4) is 0 Å². The van der Waals surface area contributed by atoms with E-state index in [9.17, 15) is 9.90 Å². The van der Waals surface area contributed by atoms with Crippen LogP contribution in [0.1, 0.15) is 23.6 Å². The van der Waals surface area contributed by atoms with Crippen molar-refractivity contribution >= 4 is 28.1 Å². The average Bonchev–Trinajstić information content (AvgIpc) is 3.60. The Morgan fingerprint density at radius 3 is 2.83 bits per heavy atom. The fraction of sp³-hybridized carbons (Fsp3) is 0.231. The number of nitrogens with two attached hydrogens (primary N) is 1. The molecule has 9 heteroatoms. The van der Waals surface area contributed by atoms with Crippen LogP contribution in [0.5, 0.6) is 0 Å². The summed E-state index contributed by atoms with van der Waals surface area (Å²) in [5.74, 6) is 0.242. The van der Waals surface area contributed by atoms with Crippen molar-refractivity contribution in [1.82, 2.24) is 29.3 Å². The maximum absolute atomic E-state index is 12.0. The summed E-state index contributed by atoms with van der Waals surface area (Å²) in [4.78, 5) is 17.9. The number of hydrogen-bond acceptors (Lipinski definition) is 6. The quantitative estimate of drug-likeness (QED) is 0.411. The molecule has 1 amide bonds. The Hall–Kier alpha value is -4.24. The fourth-order valence-electron chi connectivity index (χ4n) is 5.02. The average molecular weight is 468 g/mol. The van der Waals surface area contributed by atoms with Crippen LogP contribution in [-0.4, -0.2) is 60.0 Å². The summed E-state index contributed by atoms with van der Waals surface area (Å²) in [6, 6.07) is 18.6. The molecule has 3 aromatic heterocycles. The summed E-state index contributed by atoms with van der Waals surface area (Å²) in [7, 11) is 0. The number of benzene rings is 2. The van der Waals surface area contributed by atoms with Gasteiger partial charge in [-0.05, 0) is 29.7 Å².